The molecule has 0 unspecified atom stereocenters. The first-order valence-electron chi connectivity index (χ1n) is 6.20. The second kappa shape index (κ2) is 5.94. The molecule has 1 rings (SSSR count). The van der Waals surface area contributed by atoms with Gasteiger partial charge in [0.05, 0.1) is 0 Å². The van der Waals surface area contributed by atoms with Crippen molar-refractivity contribution in [3.05, 3.63) is 54.1 Å². The van der Waals surface area contributed by atoms with E-state index >= 15 is 0 Å². The highest BCUT2D eigenvalue weighted by molar-refractivity contribution is 5.67. The van der Waals surface area contributed by atoms with Crippen molar-refractivity contribution in [3.8, 4) is 0 Å². The molecule has 0 aliphatic heterocycles. The molecule has 98 valence electrons. The van der Waals surface area contributed by atoms with E-state index in [2.05, 4.69) is 13.2 Å². The van der Waals surface area contributed by atoms with Crippen LogP contribution in [0.5, 0.6) is 0 Å². The molecule has 0 aliphatic carbocycles. The standard InChI is InChI=1S/C16H20F2/c1-5-7-8-13-9-10-14(16(4,17)18)11-15(13)12(3)6-2/h5,9-11H,1,3,6-8H2,2,4H3. The molecule has 0 heterocycles. The summed E-state index contributed by atoms with van der Waals surface area (Å²) in [6.45, 7) is 10.6. The number of rotatable bonds is 6. The van der Waals surface area contributed by atoms with Crippen molar-refractivity contribution < 1.29 is 8.78 Å². The minimum Gasteiger partial charge on any atom is -0.202 e. The molecule has 0 spiro atoms. The zero-order valence-corrected chi connectivity index (χ0v) is 11.1. The monoisotopic (exact) mass is 250 g/mol. The SMILES string of the molecule is C=CCCc1ccc(C(C)(F)F)cc1C(=C)CC. The first-order chi connectivity index (χ1) is 8.40. The fraction of sp³-hybridized carbons (Fsp3) is 0.375. The highest BCUT2D eigenvalue weighted by Gasteiger charge is 2.25. The molecule has 0 saturated heterocycles. The van der Waals surface area contributed by atoms with Gasteiger partial charge < -0.3 is 0 Å². The number of benzene rings is 1. The molecule has 1 aromatic carbocycles. The van der Waals surface area contributed by atoms with E-state index in [-0.39, 0.29) is 5.56 Å². The minimum absolute atomic E-state index is 0.0504. The summed E-state index contributed by atoms with van der Waals surface area (Å²) >= 11 is 0. The molecule has 0 atom stereocenters. The van der Waals surface area contributed by atoms with Crippen LogP contribution < -0.4 is 0 Å². The van der Waals surface area contributed by atoms with Crippen LogP contribution in [0.3, 0.4) is 0 Å². The molecule has 1 aromatic rings. The number of allylic oxidation sites excluding steroid dienone is 2. The van der Waals surface area contributed by atoms with Gasteiger partial charge in [-0.25, -0.2) is 8.78 Å². The molecule has 0 bridgehead atoms. The largest absolute Gasteiger partial charge is 0.270 e. The number of alkyl halides is 2. The lowest BCUT2D eigenvalue weighted by Gasteiger charge is -2.16. The predicted molar refractivity (Wildman–Crippen MR) is 73.9 cm³/mol. The molecule has 18 heavy (non-hydrogen) atoms. The van der Waals surface area contributed by atoms with Crippen molar-refractivity contribution in [3.63, 3.8) is 0 Å². The highest BCUT2D eigenvalue weighted by Crippen LogP contribution is 2.31. The fourth-order valence-corrected chi connectivity index (χ4v) is 1.84. The Morgan fingerprint density at radius 2 is 2.06 bits per heavy atom. The van der Waals surface area contributed by atoms with Gasteiger partial charge in [0.15, 0.2) is 0 Å². The molecule has 0 aromatic heterocycles. The summed E-state index contributed by atoms with van der Waals surface area (Å²) in [4.78, 5) is 0. The average molecular weight is 250 g/mol. The van der Waals surface area contributed by atoms with Gasteiger partial charge in [0, 0.05) is 12.5 Å². The molecule has 0 amide bonds. The second-order valence-corrected chi connectivity index (χ2v) is 4.54. The van der Waals surface area contributed by atoms with Crippen molar-refractivity contribution in [2.24, 2.45) is 0 Å². The lowest BCUT2D eigenvalue weighted by Crippen LogP contribution is -2.08. The second-order valence-electron chi connectivity index (χ2n) is 4.54. The summed E-state index contributed by atoms with van der Waals surface area (Å²) < 4.78 is 26.7. The van der Waals surface area contributed by atoms with Crippen molar-refractivity contribution in [1.82, 2.24) is 0 Å². The van der Waals surface area contributed by atoms with Crippen molar-refractivity contribution in [2.45, 2.75) is 39.0 Å². The maximum atomic E-state index is 13.3. The third-order valence-electron chi connectivity index (χ3n) is 3.04. The summed E-state index contributed by atoms with van der Waals surface area (Å²) in [5, 5.41) is 0. The lowest BCUT2D eigenvalue weighted by atomic mass is 9.93. The van der Waals surface area contributed by atoms with Gasteiger partial charge in [-0.3, -0.25) is 0 Å². The van der Waals surface area contributed by atoms with Gasteiger partial charge in [-0.2, -0.15) is 0 Å². The fourth-order valence-electron chi connectivity index (χ4n) is 1.84. The summed E-state index contributed by atoms with van der Waals surface area (Å²) in [5.41, 5.74) is 2.88. The molecule has 0 N–H and O–H groups in total. The molecule has 0 aliphatic rings. The Bertz CT molecular complexity index is 439. The average Bonchev–Trinajstić information content (AvgIpc) is 2.34. The molecule has 0 saturated carbocycles. The first-order valence-corrected chi connectivity index (χ1v) is 6.20. The smallest absolute Gasteiger partial charge is 0.202 e. The Balaban J connectivity index is 3.20. The van der Waals surface area contributed by atoms with Crippen LogP contribution in [0.1, 0.15) is 43.4 Å². The summed E-state index contributed by atoms with van der Waals surface area (Å²) in [5.74, 6) is -2.81. The van der Waals surface area contributed by atoms with Gasteiger partial charge in [-0.1, -0.05) is 31.7 Å². The van der Waals surface area contributed by atoms with Crippen LogP contribution in [0, 0.1) is 0 Å². The van der Waals surface area contributed by atoms with E-state index in [0.29, 0.717) is 0 Å². The van der Waals surface area contributed by atoms with Crippen LogP contribution in [0.15, 0.2) is 37.4 Å². The zero-order valence-electron chi connectivity index (χ0n) is 11.1. The number of hydrogen-bond donors (Lipinski definition) is 0. The lowest BCUT2D eigenvalue weighted by molar-refractivity contribution is 0.0174. The Labute approximate surface area is 108 Å². The van der Waals surface area contributed by atoms with Gasteiger partial charge in [-0.05, 0) is 42.0 Å². The summed E-state index contributed by atoms with van der Waals surface area (Å²) in [6.07, 6.45) is 4.25. The molecule has 0 fully saturated rings. The predicted octanol–water partition coefficient (Wildman–Crippen LogP) is 5.34. The summed E-state index contributed by atoms with van der Waals surface area (Å²) in [7, 11) is 0. The van der Waals surface area contributed by atoms with Crippen LogP contribution in [0.4, 0.5) is 8.78 Å². The minimum atomic E-state index is -2.81. The van der Waals surface area contributed by atoms with E-state index in [1.165, 1.54) is 6.07 Å². The molecule has 0 nitrogen and oxygen atoms in total. The van der Waals surface area contributed by atoms with Crippen molar-refractivity contribution in [2.75, 3.05) is 0 Å². The van der Waals surface area contributed by atoms with E-state index in [1.54, 1.807) is 12.1 Å². The zero-order chi connectivity index (χ0) is 13.8. The maximum absolute atomic E-state index is 13.3. The number of halogens is 2. The normalized spacial score (nSPS) is 11.3. The van der Waals surface area contributed by atoms with Crippen LogP contribution in [-0.2, 0) is 12.3 Å². The third-order valence-corrected chi connectivity index (χ3v) is 3.04. The maximum Gasteiger partial charge on any atom is 0.270 e. The van der Waals surface area contributed by atoms with Crippen LogP contribution in [-0.4, -0.2) is 0 Å². The summed E-state index contributed by atoms with van der Waals surface area (Å²) in [6, 6.07) is 4.86. The third kappa shape index (κ3) is 3.52. The molecule has 2 heteroatoms. The van der Waals surface area contributed by atoms with Crippen molar-refractivity contribution >= 4 is 5.57 Å². The van der Waals surface area contributed by atoms with Gasteiger partial charge in [0.1, 0.15) is 0 Å². The number of hydrogen-bond acceptors (Lipinski definition) is 0. The Kier molecular flexibility index (Phi) is 4.83. The van der Waals surface area contributed by atoms with Crippen LogP contribution in [0.2, 0.25) is 0 Å². The van der Waals surface area contributed by atoms with E-state index in [4.69, 9.17) is 0 Å². The van der Waals surface area contributed by atoms with Gasteiger partial charge in [0.25, 0.3) is 5.92 Å². The van der Waals surface area contributed by atoms with E-state index in [0.717, 1.165) is 42.9 Å². The molecular weight excluding hydrogens is 230 g/mol. The Morgan fingerprint density at radius 1 is 1.39 bits per heavy atom. The van der Waals surface area contributed by atoms with Crippen molar-refractivity contribution in [1.29, 1.82) is 0 Å². The quantitative estimate of drug-likeness (QED) is 0.598. The Morgan fingerprint density at radius 3 is 2.56 bits per heavy atom. The topological polar surface area (TPSA) is 0 Å². The molecule has 0 radical (unpaired) electrons. The Hall–Kier alpha value is -1.44. The van der Waals surface area contributed by atoms with Gasteiger partial charge in [-0.15, -0.1) is 6.58 Å². The van der Waals surface area contributed by atoms with Gasteiger partial charge >= 0.3 is 0 Å². The highest BCUT2D eigenvalue weighted by atomic mass is 19.3. The first kappa shape index (κ1) is 14.6. The van der Waals surface area contributed by atoms with E-state index in [9.17, 15) is 8.78 Å². The van der Waals surface area contributed by atoms with E-state index < -0.39 is 5.92 Å². The number of aryl methyl sites for hydroxylation is 1. The van der Waals surface area contributed by atoms with E-state index in [1.807, 2.05) is 13.0 Å². The van der Waals surface area contributed by atoms with Crippen LogP contribution >= 0.6 is 0 Å². The molecular formula is C16H20F2. The van der Waals surface area contributed by atoms with Crippen LogP contribution in [0.25, 0.3) is 5.57 Å². The van der Waals surface area contributed by atoms with Gasteiger partial charge in [0.2, 0.25) is 0 Å².